The monoisotopic (exact) mass is 289 g/mol. The molecule has 20 heavy (non-hydrogen) atoms. The molecule has 0 bridgehead atoms. The van der Waals surface area contributed by atoms with Crippen molar-refractivity contribution >= 4 is 11.6 Å². The van der Waals surface area contributed by atoms with Crippen LogP contribution in [0.5, 0.6) is 11.8 Å². The van der Waals surface area contributed by atoms with Gasteiger partial charge in [0.25, 0.3) is 0 Å². The van der Waals surface area contributed by atoms with E-state index in [0.29, 0.717) is 22.8 Å². The lowest BCUT2D eigenvalue weighted by Gasteiger charge is -2.07. The molecule has 5 heteroatoms. The SMILES string of the molecule is Cc1ccc(Cl)c(Oc2ncc(CNC3CC3)cn2)c1. The van der Waals surface area contributed by atoms with Crippen molar-refractivity contribution in [2.24, 2.45) is 0 Å². The maximum absolute atomic E-state index is 6.08. The Hall–Kier alpha value is -1.65. The molecule has 1 N–H and O–H groups in total. The predicted molar refractivity (Wildman–Crippen MR) is 78.2 cm³/mol. The summed E-state index contributed by atoms with van der Waals surface area (Å²) in [6.45, 7) is 2.78. The number of hydrogen-bond acceptors (Lipinski definition) is 4. The average molecular weight is 290 g/mol. The Bertz CT molecular complexity index is 597. The van der Waals surface area contributed by atoms with Crippen LogP contribution in [0, 0.1) is 6.92 Å². The van der Waals surface area contributed by atoms with E-state index < -0.39 is 0 Å². The normalized spacial score (nSPS) is 14.3. The van der Waals surface area contributed by atoms with Gasteiger partial charge in [0.15, 0.2) is 0 Å². The highest BCUT2D eigenvalue weighted by Crippen LogP contribution is 2.28. The number of aromatic nitrogens is 2. The summed E-state index contributed by atoms with van der Waals surface area (Å²) >= 11 is 6.08. The Morgan fingerprint density at radius 3 is 2.75 bits per heavy atom. The molecule has 0 aliphatic heterocycles. The number of benzene rings is 1. The van der Waals surface area contributed by atoms with E-state index in [1.54, 1.807) is 18.5 Å². The molecule has 0 atom stereocenters. The number of nitrogens with zero attached hydrogens (tertiary/aromatic N) is 2. The Labute approximate surface area is 123 Å². The van der Waals surface area contributed by atoms with E-state index in [-0.39, 0.29) is 0 Å². The second-order valence-electron chi connectivity index (χ2n) is 5.06. The van der Waals surface area contributed by atoms with Crippen LogP contribution in [0.4, 0.5) is 0 Å². The smallest absolute Gasteiger partial charge is 0.321 e. The summed E-state index contributed by atoms with van der Waals surface area (Å²) < 4.78 is 5.61. The van der Waals surface area contributed by atoms with Gasteiger partial charge in [0.1, 0.15) is 5.75 Å². The molecule has 0 spiro atoms. The zero-order chi connectivity index (χ0) is 13.9. The van der Waals surface area contributed by atoms with Crippen molar-refractivity contribution in [2.75, 3.05) is 0 Å². The van der Waals surface area contributed by atoms with Crippen LogP contribution in [0.2, 0.25) is 5.02 Å². The Kier molecular flexibility index (Phi) is 3.85. The fraction of sp³-hybridized carbons (Fsp3) is 0.333. The fourth-order valence-electron chi connectivity index (χ4n) is 1.82. The summed E-state index contributed by atoms with van der Waals surface area (Å²) in [5.74, 6) is 0.579. The lowest BCUT2D eigenvalue weighted by molar-refractivity contribution is 0.440. The predicted octanol–water partition coefficient (Wildman–Crippen LogP) is 3.48. The topological polar surface area (TPSA) is 47.0 Å². The van der Waals surface area contributed by atoms with Crippen LogP contribution in [-0.4, -0.2) is 16.0 Å². The average Bonchev–Trinajstić information content (AvgIpc) is 3.26. The van der Waals surface area contributed by atoms with Crippen LogP contribution in [0.3, 0.4) is 0 Å². The van der Waals surface area contributed by atoms with Gasteiger partial charge in [-0.1, -0.05) is 17.7 Å². The first-order chi connectivity index (χ1) is 9.70. The lowest BCUT2D eigenvalue weighted by Crippen LogP contribution is -2.15. The number of aryl methyl sites for hydroxylation is 1. The van der Waals surface area contributed by atoms with Crippen LogP contribution in [-0.2, 0) is 6.54 Å². The second kappa shape index (κ2) is 5.77. The number of halogens is 1. The molecule has 0 saturated heterocycles. The highest BCUT2D eigenvalue weighted by Gasteiger charge is 2.20. The Morgan fingerprint density at radius 1 is 1.30 bits per heavy atom. The van der Waals surface area contributed by atoms with Crippen LogP contribution in [0.1, 0.15) is 24.0 Å². The lowest BCUT2D eigenvalue weighted by atomic mass is 10.2. The van der Waals surface area contributed by atoms with Crippen molar-refractivity contribution in [3.8, 4) is 11.8 Å². The number of rotatable bonds is 5. The molecule has 1 fully saturated rings. The summed E-state index contributed by atoms with van der Waals surface area (Å²) in [4.78, 5) is 8.42. The molecular formula is C15H16ClN3O. The summed E-state index contributed by atoms with van der Waals surface area (Å²) in [7, 11) is 0. The van der Waals surface area contributed by atoms with Crippen molar-refractivity contribution in [1.29, 1.82) is 0 Å². The van der Waals surface area contributed by atoms with E-state index in [0.717, 1.165) is 17.7 Å². The number of hydrogen-bond donors (Lipinski definition) is 1. The summed E-state index contributed by atoms with van der Waals surface area (Å²) in [5.41, 5.74) is 2.13. The van der Waals surface area contributed by atoms with Gasteiger partial charge in [-0.3, -0.25) is 0 Å². The van der Waals surface area contributed by atoms with E-state index in [2.05, 4.69) is 15.3 Å². The van der Waals surface area contributed by atoms with Crippen molar-refractivity contribution in [1.82, 2.24) is 15.3 Å². The van der Waals surface area contributed by atoms with Gasteiger partial charge in [-0.2, -0.15) is 0 Å². The first-order valence-corrected chi connectivity index (χ1v) is 7.07. The minimum absolute atomic E-state index is 0.313. The number of nitrogens with one attached hydrogen (secondary N) is 1. The Morgan fingerprint density at radius 2 is 2.05 bits per heavy atom. The van der Waals surface area contributed by atoms with Gasteiger partial charge in [0.2, 0.25) is 0 Å². The number of ether oxygens (including phenoxy) is 1. The molecule has 4 nitrogen and oxygen atoms in total. The van der Waals surface area contributed by atoms with Gasteiger partial charge in [0, 0.05) is 30.5 Å². The van der Waals surface area contributed by atoms with E-state index >= 15 is 0 Å². The minimum atomic E-state index is 0.313. The minimum Gasteiger partial charge on any atom is -0.423 e. The first kappa shape index (κ1) is 13.3. The molecule has 3 rings (SSSR count). The zero-order valence-corrected chi connectivity index (χ0v) is 12.0. The molecule has 104 valence electrons. The van der Waals surface area contributed by atoms with Gasteiger partial charge < -0.3 is 10.1 Å². The molecular weight excluding hydrogens is 274 g/mol. The van der Waals surface area contributed by atoms with Gasteiger partial charge in [0.05, 0.1) is 5.02 Å². The van der Waals surface area contributed by atoms with E-state index in [1.165, 1.54) is 12.8 Å². The van der Waals surface area contributed by atoms with Crippen molar-refractivity contribution in [3.63, 3.8) is 0 Å². The van der Waals surface area contributed by atoms with E-state index in [4.69, 9.17) is 16.3 Å². The van der Waals surface area contributed by atoms with Gasteiger partial charge in [-0.15, -0.1) is 0 Å². The third-order valence-electron chi connectivity index (χ3n) is 3.14. The molecule has 1 aromatic carbocycles. The standard InChI is InChI=1S/C15H16ClN3O/c1-10-2-5-13(16)14(6-10)20-15-18-8-11(9-19-15)7-17-12-3-4-12/h2,5-6,8-9,12,17H,3-4,7H2,1H3. The van der Waals surface area contributed by atoms with Crippen molar-refractivity contribution in [3.05, 3.63) is 46.7 Å². The molecule has 1 heterocycles. The highest BCUT2D eigenvalue weighted by molar-refractivity contribution is 6.32. The van der Waals surface area contributed by atoms with Gasteiger partial charge >= 0.3 is 6.01 Å². The van der Waals surface area contributed by atoms with Gasteiger partial charge in [-0.25, -0.2) is 9.97 Å². The first-order valence-electron chi connectivity index (χ1n) is 6.69. The third kappa shape index (κ3) is 3.46. The molecule has 1 aromatic heterocycles. The summed E-state index contributed by atoms with van der Waals surface area (Å²) in [6, 6.07) is 6.60. The third-order valence-corrected chi connectivity index (χ3v) is 3.45. The van der Waals surface area contributed by atoms with Crippen molar-refractivity contribution in [2.45, 2.75) is 32.4 Å². The highest BCUT2D eigenvalue weighted by atomic mass is 35.5. The van der Waals surface area contributed by atoms with E-state index in [9.17, 15) is 0 Å². The summed E-state index contributed by atoms with van der Waals surface area (Å²) in [6.07, 6.45) is 6.10. The summed E-state index contributed by atoms with van der Waals surface area (Å²) in [5, 5.41) is 3.97. The largest absolute Gasteiger partial charge is 0.423 e. The van der Waals surface area contributed by atoms with Crippen LogP contribution in [0.15, 0.2) is 30.6 Å². The van der Waals surface area contributed by atoms with Gasteiger partial charge in [-0.05, 0) is 37.5 Å². The van der Waals surface area contributed by atoms with E-state index in [1.807, 2.05) is 19.1 Å². The second-order valence-corrected chi connectivity index (χ2v) is 5.47. The molecule has 0 radical (unpaired) electrons. The molecule has 1 saturated carbocycles. The molecule has 1 aliphatic rings. The fourth-order valence-corrected chi connectivity index (χ4v) is 1.98. The maximum Gasteiger partial charge on any atom is 0.321 e. The van der Waals surface area contributed by atoms with Crippen LogP contribution in [0.25, 0.3) is 0 Å². The van der Waals surface area contributed by atoms with Crippen LogP contribution >= 0.6 is 11.6 Å². The molecule has 0 amide bonds. The molecule has 0 unspecified atom stereocenters. The van der Waals surface area contributed by atoms with Crippen LogP contribution < -0.4 is 10.1 Å². The quantitative estimate of drug-likeness (QED) is 0.915. The molecule has 1 aliphatic carbocycles. The van der Waals surface area contributed by atoms with Crippen molar-refractivity contribution < 1.29 is 4.74 Å². The zero-order valence-electron chi connectivity index (χ0n) is 11.3. The Balaban J connectivity index is 1.66. The maximum atomic E-state index is 6.08. The molecule has 2 aromatic rings.